The summed E-state index contributed by atoms with van der Waals surface area (Å²) in [5, 5.41) is 8.80. The van der Waals surface area contributed by atoms with Gasteiger partial charge in [0.05, 0.1) is 6.54 Å². The molecule has 1 fully saturated rings. The largest absolute Gasteiger partial charge is 0.357 e. The molecule has 0 saturated carbocycles. The van der Waals surface area contributed by atoms with Crippen LogP contribution in [0.15, 0.2) is 4.99 Å². The molecule has 0 radical (unpaired) electrons. The molecule has 0 aliphatic carbocycles. The van der Waals surface area contributed by atoms with Crippen molar-refractivity contribution >= 4 is 41.9 Å². The van der Waals surface area contributed by atoms with Crippen molar-refractivity contribution in [3.05, 3.63) is 0 Å². The smallest absolute Gasteiger partial charge is 0.324 e. The summed E-state index contributed by atoms with van der Waals surface area (Å²) in [6.45, 7) is 6.72. The van der Waals surface area contributed by atoms with Crippen molar-refractivity contribution in [3.8, 4) is 0 Å². The van der Waals surface area contributed by atoms with E-state index in [1.807, 2.05) is 6.92 Å². The molecule has 1 saturated heterocycles. The van der Waals surface area contributed by atoms with Gasteiger partial charge in [0.1, 0.15) is 0 Å². The summed E-state index contributed by atoms with van der Waals surface area (Å²) in [5.74, 6) is 0.560. The molecular weight excluding hydrogens is 397 g/mol. The summed E-state index contributed by atoms with van der Waals surface area (Å²) in [5.41, 5.74) is 0. The second-order valence-corrected chi connectivity index (χ2v) is 4.95. The van der Waals surface area contributed by atoms with Crippen molar-refractivity contribution in [1.82, 2.24) is 20.9 Å². The third-order valence-corrected chi connectivity index (χ3v) is 3.19. The number of hydrogen-bond acceptors (Lipinski definition) is 3. The molecule has 0 spiro atoms. The molecule has 1 aliphatic rings. The molecule has 1 rings (SSSR count). The average molecular weight is 425 g/mol. The Labute approximate surface area is 149 Å². The maximum atomic E-state index is 11.4. The fourth-order valence-electron chi connectivity index (χ4n) is 2.04. The predicted molar refractivity (Wildman–Crippen MR) is 98.7 cm³/mol. The molecule has 8 heteroatoms. The van der Waals surface area contributed by atoms with E-state index in [1.165, 1.54) is 24.2 Å². The van der Waals surface area contributed by atoms with Gasteiger partial charge in [-0.25, -0.2) is 4.79 Å². The Balaban J connectivity index is 0.00000441. The first-order chi connectivity index (χ1) is 10.2. The van der Waals surface area contributed by atoms with Crippen molar-refractivity contribution in [1.29, 1.82) is 0 Å². The van der Waals surface area contributed by atoms with E-state index >= 15 is 0 Å². The van der Waals surface area contributed by atoms with Gasteiger partial charge in [-0.2, -0.15) is 0 Å². The van der Waals surface area contributed by atoms with Gasteiger partial charge in [-0.1, -0.05) is 26.2 Å². The molecule has 0 unspecified atom stereocenters. The third-order valence-electron chi connectivity index (χ3n) is 3.19. The highest BCUT2D eigenvalue weighted by Gasteiger charge is 2.27. The van der Waals surface area contributed by atoms with Crippen molar-refractivity contribution < 1.29 is 9.59 Å². The quantitative estimate of drug-likeness (QED) is 0.171. The van der Waals surface area contributed by atoms with E-state index in [2.05, 4.69) is 27.9 Å². The number of carbonyl (C=O) groups is 2. The normalized spacial score (nSPS) is 14.6. The fraction of sp³-hybridized carbons (Fsp3) is 0.786. The standard InChI is InChI=1S/C14H27N5O2.HI/c1-3-5-6-7-8-16-13(15-4-2)17-9-10-19-12(20)11-18-14(19)21;/h3-11H2,1-2H3,(H,18,21)(H2,15,16,17);1H. The summed E-state index contributed by atoms with van der Waals surface area (Å²) in [7, 11) is 0. The highest BCUT2D eigenvalue weighted by Crippen LogP contribution is 1.99. The first-order valence-electron chi connectivity index (χ1n) is 7.79. The highest BCUT2D eigenvalue weighted by atomic mass is 127. The van der Waals surface area contributed by atoms with Crippen molar-refractivity contribution in [2.24, 2.45) is 4.99 Å². The number of guanidine groups is 1. The number of aliphatic imine (C=N–C) groups is 1. The number of nitrogens with zero attached hydrogens (tertiary/aromatic N) is 2. The SMILES string of the molecule is CCCCCCN=C(NCC)NCCN1C(=O)CNC1=O.I. The van der Waals surface area contributed by atoms with Crippen LogP contribution < -0.4 is 16.0 Å². The lowest BCUT2D eigenvalue weighted by molar-refractivity contribution is -0.124. The van der Waals surface area contributed by atoms with E-state index < -0.39 is 0 Å². The monoisotopic (exact) mass is 425 g/mol. The van der Waals surface area contributed by atoms with Gasteiger partial charge >= 0.3 is 6.03 Å². The predicted octanol–water partition coefficient (Wildman–Crippen LogP) is 1.29. The Kier molecular flexibility index (Phi) is 11.9. The molecule has 0 atom stereocenters. The Morgan fingerprint density at radius 1 is 1.23 bits per heavy atom. The summed E-state index contributed by atoms with van der Waals surface area (Å²) >= 11 is 0. The number of carbonyl (C=O) groups excluding carboxylic acids is 2. The lowest BCUT2D eigenvalue weighted by Crippen LogP contribution is -2.43. The van der Waals surface area contributed by atoms with Gasteiger partial charge in [-0.15, -0.1) is 24.0 Å². The molecule has 0 aromatic heterocycles. The van der Waals surface area contributed by atoms with Gasteiger partial charge in [0.2, 0.25) is 5.91 Å². The maximum Gasteiger partial charge on any atom is 0.324 e. The summed E-state index contributed by atoms with van der Waals surface area (Å²) < 4.78 is 0. The number of rotatable bonds is 9. The Morgan fingerprint density at radius 2 is 2.00 bits per heavy atom. The molecule has 1 aliphatic heterocycles. The van der Waals surface area contributed by atoms with Crippen LogP contribution in [-0.4, -0.2) is 55.5 Å². The number of urea groups is 1. The summed E-state index contributed by atoms with van der Waals surface area (Å²) in [6, 6.07) is -0.316. The molecule has 22 heavy (non-hydrogen) atoms. The highest BCUT2D eigenvalue weighted by molar-refractivity contribution is 14.0. The van der Waals surface area contributed by atoms with Gasteiger partial charge in [-0.05, 0) is 13.3 Å². The van der Waals surface area contributed by atoms with E-state index in [9.17, 15) is 9.59 Å². The van der Waals surface area contributed by atoms with Crippen LogP contribution >= 0.6 is 24.0 Å². The molecule has 1 heterocycles. The van der Waals surface area contributed by atoms with E-state index in [4.69, 9.17) is 0 Å². The van der Waals surface area contributed by atoms with Crippen LogP contribution in [0.2, 0.25) is 0 Å². The first kappa shape index (κ1) is 20.9. The molecule has 7 nitrogen and oxygen atoms in total. The van der Waals surface area contributed by atoms with Crippen LogP contribution in [0.25, 0.3) is 0 Å². The number of nitrogens with one attached hydrogen (secondary N) is 3. The van der Waals surface area contributed by atoms with Gasteiger partial charge in [0.25, 0.3) is 0 Å². The number of hydrogen-bond donors (Lipinski definition) is 3. The zero-order valence-electron chi connectivity index (χ0n) is 13.5. The van der Waals surface area contributed by atoms with Crippen LogP contribution in [0, 0.1) is 0 Å². The maximum absolute atomic E-state index is 11.4. The molecule has 0 aromatic carbocycles. The number of imide groups is 1. The Morgan fingerprint density at radius 3 is 2.59 bits per heavy atom. The summed E-state index contributed by atoms with van der Waals surface area (Å²) in [4.78, 5) is 28.5. The van der Waals surface area contributed by atoms with Crippen LogP contribution in [0.3, 0.4) is 0 Å². The molecule has 128 valence electrons. The van der Waals surface area contributed by atoms with Gasteiger partial charge in [0, 0.05) is 26.2 Å². The molecule has 0 aromatic rings. The molecule has 3 amide bonds. The van der Waals surface area contributed by atoms with E-state index in [1.54, 1.807) is 0 Å². The average Bonchev–Trinajstić information content (AvgIpc) is 2.78. The second kappa shape index (κ2) is 12.5. The second-order valence-electron chi connectivity index (χ2n) is 4.95. The number of unbranched alkanes of at least 4 members (excludes halogenated alkanes) is 3. The molecule has 0 bridgehead atoms. The van der Waals surface area contributed by atoms with E-state index in [0.29, 0.717) is 13.1 Å². The van der Waals surface area contributed by atoms with Crippen LogP contribution in [-0.2, 0) is 4.79 Å². The van der Waals surface area contributed by atoms with Crippen molar-refractivity contribution in [3.63, 3.8) is 0 Å². The minimum absolute atomic E-state index is 0. The number of amides is 3. The summed E-state index contributed by atoms with van der Waals surface area (Å²) in [6.07, 6.45) is 4.74. The zero-order chi connectivity index (χ0) is 15.5. The van der Waals surface area contributed by atoms with Crippen molar-refractivity contribution in [2.75, 3.05) is 32.7 Å². The third kappa shape index (κ3) is 7.81. The Bertz CT molecular complexity index is 360. The fourth-order valence-corrected chi connectivity index (χ4v) is 2.04. The van der Waals surface area contributed by atoms with E-state index in [0.717, 1.165) is 25.5 Å². The lowest BCUT2D eigenvalue weighted by Gasteiger charge is -2.15. The van der Waals surface area contributed by atoms with Crippen LogP contribution in [0.4, 0.5) is 4.79 Å². The van der Waals surface area contributed by atoms with E-state index in [-0.39, 0.29) is 42.5 Å². The minimum atomic E-state index is -0.316. The Hall–Kier alpha value is -1.06. The van der Waals surface area contributed by atoms with Gasteiger partial charge < -0.3 is 16.0 Å². The van der Waals surface area contributed by atoms with Crippen molar-refractivity contribution in [2.45, 2.75) is 39.5 Å². The topological polar surface area (TPSA) is 85.8 Å². The zero-order valence-corrected chi connectivity index (χ0v) is 15.8. The van der Waals surface area contributed by atoms with Crippen LogP contribution in [0.5, 0.6) is 0 Å². The first-order valence-corrected chi connectivity index (χ1v) is 7.79. The molecular formula is C14H28IN5O2. The van der Waals surface area contributed by atoms with Crippen LogP contribution in [0.1, 0.15) is 39.5 Å². The van der Waals surface area contributed by atoms with Gasteiger partial charge in [0.15, 0.2) is 5.96 Å². The molecule has 3 N–H and O–H groups in total. The van der Waals surface area contributed by atoms with Gasteiger partial charge in [-0.3, -0.25) is 14.7 Å². The lowest BCUT2D eigenvalue weighted by atomic mass is 10.2. The number of halogens is 1. The minimum Gasteiger partial charge on any atom is -0.357 e.